The topological polar surface area (TPSA) is 96.0 Å². The van der Waals surface area contributed by atoms with Gasteiger partial charge in [0, 0.05) is 37.5 Å². The van der Waals surface area contributed by atoms with Crippen molar-refractivity contribution < 1.29 is 22.7 Å². The fourth-order valence-electron chi connectivity index (χ4n) is 4.45. The first kappa shape index (κ1) is 31.0. The van der Waals surface area contributed by atoms with Crippen LogP contribution in [0.25, 0.3) is 0 Å². The number of halogens is 1. The number of sulfonamides is 1. The average molecular weight is 586 g/mol. The molecule has 1 atom stereocenters. The summed E-state index contributed by atoms with van der Waals surface area (Å²) in [7, 11) is -2.17. The van der Waals surface area contributed by atoms with Crippen molar-refractivity contribution >= 4 is 39.1 Å². The van der Waals surface area contributed by atoms with Crippen molar-refractivity contribution in [3.63, 3.8) is 0 Å². The molecule has 40 heavy (non-hydrogen) atoms. The number of hydrogen-bond acceptors (Lipinski definition) is 5. The number of carbonyl (C=O) groups excluding carboxylic acids is 2. The van der Waals surface area contributed by atoms with Crippen LogP contribution in [0.4, 0.5) is 5.69 Å². The second-order valence-electron chi connectivity index (χ2n) is 9.36. The molecule has 0 aromatic heterocycles. The second-order valence-corrected chi connectivity index (χ2v) is 11.7. The van der Waals surface area contributed by atoms with Gasteiger partial charge in [-0.25, -0.2) is 8.42 Å². The van der Waals surface area contributed by atoms with Gasteiger partial charge in [0.25, 0.3) is 0 Å². The number of likely N-dealkylation sites (N-methyl/N-ethyl adjacent to an activating group) is 1. The molecule has 3 aromatic rings. The van der Waals surface area contributed by atoms with Crippen LogP contribution < -0.4 is 14.4 Å². The zero-order valence-corrected chi connectivity index (χ0v) is 24.6. The Morgan fingerprint density at radius 3 is 2.23 bits per heavy atom. The zero-order chi connectivity index (χ0) is 29.1. The Bertz CT molecular complexity index is 1370. The van der Waals surface area contributed by atoms with E-state index in [9.17, 15) is 18.0 Å². The lowest BCUT2D eigenvalue weighted by Crippen LogP contribution is -2.50. The van der Waals surface area contributed by atoms with Crippen LogP contribution in [0.1, 0.15) is 30.9 Å². The highest BCUT2D eigenvalue weighted by Crippen LogP contribution is 2.30. The van der Waals surface area contributed by atoms with E-state index in [4.69, 9.17) is 16.3 Å². The van der Waals surface area contributed by atoms with Crippen LogP contribution in [-0.2, 0) is 32.6 Å². The van der Waals surface area contributed by atoms with Gasteiger partial charge < -0.3 is 15.0 Å². The quantitative estimate of drug-likeness (QED) is 0.297. The summed E-state index contributed by atoms with van der Waals surface area (Å²) in [5, 5.41) is 3.44. The minimum absolute atomic E-state index is 0.0411. The molecule has 0 heterocycles. The lowest BCUT2D eigenvalue weighted by molar-refractivity contribution is -0.141. The molecule has 0 aliphatic heterocycles. The molecular formula is C30H36ClN3O5S. The number of methoxy groups -OCH3 is 1. The fraction of sp³-hybridized carbons (Fsp3) is 0.333. The van der Waals surface area contributed by atoms with Gasteiger partial charge in [-0.15, -0.1) is 0 Å². The first-order valence-corrected chi connectivity index (χ1v) is 15.3. The Balaban J connectivity index is 1.87. The van der Waals surface area contributed by atoms with Gasteiger partial charge >= 0.3 is 0 Å². The van der Waals surface area contributed by atoms with Crippen LogP contribution in [-0.4, -0.2) is 57.6 Å². The van der Waals surface area contributed by atoms with Crippen LogP contribution in [0.15, 0.2) is 78.9 Å². The van der Waals surface area contributed by atoms with Gasteiger partial charge in [0.1, 0.15) is 11.8 Å². The number of para-hydroxylation sites is 2. The van der Waals surface area contributed by atoms with Gasteiger partial charge in [-0.2, -0.15) is 0 Å². The molecular weight excluding hydrogens is 550 g/mol. The van der Waals surface area contributed by atoms with E-state index in [-0.39, 0.29) is 37.7 Å². The number of amides is 2. The highest BCUT2D eigenvalue weighted by Gasteiger charge is 2.30. The largest absolute Gasteiger partial charge is 0.495 e. The normalized spacial score (nSPS) is 11.9. The van der Waals surface area contributed by atoms with E-state index in [0.717, 1.165) is 17.4 Å². The smallest absolute Gasteiger partial charge is 0.243 e. The third-order valence-corrected chi connectivity index (χ3v) is 7.83. The summed E-state index contributed by atoms with van der Waals surface area (Å²) in [4.78, 5) is 28.6. The van der Waals surface area contributed by atoms with Crippen molar-refractivity contribution in [1.29, 1.82) is 0 Å². The number of hydrogen-bond donors (Lipinski definition) is 1. The maximum Gasteiger partial charge on any atom is 0.243 e. The minimum Gasteiger partial charge on any atom is -0.495 e. The molecule has 1 unspecified atom stereocenters. The predicted octanol–water partition coefficient (Wildman–Crippen LogP) is 4.67. The summed E-state index contributed by atoms with van der Waals surface area (Å²) in [5.74, 6) is -0.0844. The first-order valence-electron chi connectivity index (χ1n) is 13.1. The van der Waals surface area contributed by atoms with Crippen LogP contribution in [0.5, 0.6) is 5.75 Å². The summed E-state index contributed by atoms with van der Waals surface area (Å²) in [6.45, 7) is 2.53. The predicted molar refractivity (Wildman–Crippen MR) is 159 cm³/mol. The Hall–Kier alpha value is -3.56. The molecule has 0 saturated carbocycles. The van der Waals surface area contributed by atoms with E-state index >= 15 is 0 Å². The monoisotopic (exact) mass is 585 g/mol. The van der Waals surface area contributed by atoms with Crippen LogP contribution in [0.3, 0.4) is 0 Å². The summed E-state index contributed by atoms with van der Waals surface area (Å²) in [6, 6.07) is 22.8. The van der Waals surface area contributed by atoms with Gasteiger partial charge in [0.15, 0.2) is 0 Å². The second kappa shape index (κ2) is 14.7. The summed E-state index contributed by atoms with van der Waals surface area (Å²) >= 11 is 6.07. The standard InChI is InChI=1S/C30H36ClN3O5S/c1-4-32-30(36)27(21-23-11-6-5-7-12-23)33(22-24-16-18-25(31)19-17-24)29(35)15-10-20-34(40(3,37)38)26-13-8-9-14-28(26)39-2/h5-9,11-14,16-19,27H,4,10,15,20-22H2,1-3H3,(H,32,36). The van der Waals surface area contributed by atoms with Crippen LogP contribution in [0, 0.1) is 0 Å². The van der Waals surface area contributed by atoms with Crippen LogP contribution in [0.2, 0.25) is 5.02 Å². The maximum atomic E-state index is 13.8. The lowest BCUT2D eigenvalue weighted by Gasteiger charge is -2.32. The molecule has 0 aliphatic carbocycles. The Labute approximate surface area is 241 Å². The molecule has 10 heteroatoms. The van der Waals surface area contributed by atoms with Crippen molar-refractivity contribution in [2.24, 2.45) is 0 Å². The van der Waals surface area contributed by atoms with E-state index in [1.165, 1.54) is 11.4 Å². The zero-order valence-electron chi connectivity index (χ0n) is 23.0. The molecule has 3 rings (SSSR count). The highest BCUT2D eigenvalue weighted by molar-refractivity contribution is 7.92. The van der Waals surface area contributed by atoms with Crippen molar-refractivity contribution in [1.82, 2.24) is 10.2 Å². The van der Waals surface area contributed by atoms with E-state index < -0.39 is 16.1 Å². The Morgan fingerprint density at radius 1 is 0.950 bits per heavy atom. The molecule has 0 spiro atoms. The number of carbonyl (C=O) groups is 2. The van der Waals surface area contributed by atoms with Crippen molar-refractivity contribution in [2.75, 3.05) is 30.8 Å². The number of anilines is 1. The maximum absolute atomic E-state index is 13.8. The molecule has 0 aliphatic rings. The van der Waals surface area contributed by atoms with Gasteiger partial charge in [0.05, 0.1) is 19.1 Å². The van der Waals surface area contributed by atoms with Gasteiger partial charge in [0.2, 0.25) is 21.8 Å². The molecule has 0 radical (unpaired) electrons. The van der Waals surface area contributed by atoms with Gasteiger partial charge in [-0.3, -0.25) is 13.9 Å². The number of nitrogens with one attached hydrogen (secondary N) is 1. The molecule has 0 saturated heterocycles. The highest BCUT2D eigenvalue weighted by atomic mass is 35.5. The summed E-state index contributed by atoms with van der Waals surface area (Å²) in [5.41, 5.74) is 2.15. The van der Waals surface area contributed by atoms with Crippen LogP contribution >= 0.6 is 11.6 Å². The Kier molecular flexibility index (Phi) is 11.4. The SMILES string of the molecule is CCNC(=O)C(Cc1ccccc1)N(Cc1ccc(Cl)cc1)C(=O)CCCN(c1ccccc1OC)S(C)(=O)=O. The number of benzene rings is 3. The fourth-order valence-corrected chi connectivity index (χ4v) is 5.55. The van der Waals surface area contributed by atoms with Crippen molar-refractivity contribution in [3.8, 4) is 5.75 Å². The molecule has 0 bridgehead atoms. The summed E-state index contributed by atoms with van der Waals surface area (Å²) in [6.07, 6.45) is 1.75. The molecule has 1 N–H and O–H groups in total. The first-order chi connectivity index (χ1) is 19.1. The lowest BCUT2D eigenvalue weighted by atomic mass is 10.0. The van der Waals surface area contributed by atoms with Gasteiger partial charge in [-0.1, -0.05) is 66.2 Å². The third-order valence-electron chi connectivity index (χ3n) is 6.39. The van der Waals surface area contributed by atoms with Crippen molar-refractivity contribution in [2.45, 2.75) is 38.8 Å². The van der Waals surface area contributed by atoms with Gasteiger partial charge in [-0.05, 0) is 48.7 Å². The minimum atomic E-state index is -3.65. The van der Waals surface area contributed by atoms with E-state index in [1.54, 1.807) is 41.3 Å². The average Bonchev–Trinajstić information content (AvgIpc) is 2.94. The number of nitrogens with zero attached hydrogens (tertiary/aromatic N) is 2. The third kappa shape index (κ3) is 8.72. The molecule has 3 aromatic carbocycles. The number of rotatable bonds is 14. The molecule has 2 amide bonds. The Morgan fingerprint density at radius 2 is 1.60 bits per heavy atom. The van der Waals surface area contributed by atoms with E-state index in [0.29, 0.717) is 29.4 Å². The molecule has 0 fully saturated rings. The summed E-state index contributed by atoms with van der Waals surface area (Å²) < 4.78 is 31.9. The number of ether oxygens (including phenoxy) is 1. The van der Waals surface area contributed by atoms with Crippen molar-refractivity contribution in [3.05, 3.63) is 95.0 Å². The molecule has 8 nitrogen and oxygen atoms in total. The van der Waals surface area contributed by atoms with E-state index in [1.807, 2.05) is 49.4 Å². The van der Waals surface area contributed by atoms with E-state index in [2.05, 4.69) is 5.32 Å². The molecule has 214 valence electrons.